The molecule has 9 heteroatoms. The van der Waals surface area contributed by atoms with Crippen molar-refractivity contribution in [3.8, 4) is 22.9 Å². The fraction of sp³-hybridized carbons (Fsp3) is 0.308. The van der Waals surface area contributed by atoms with E-state index in [0.29, 0.717) is 23.4 Å². The summed E-state index contributed by atoms with van der Waals surface area (Å²) >= 11 is 1.72. The van der Waals surface area contributed by atoms with Gasteiger partial charge in [0.25, 0.3) is 0 Å². The average Bonchev–Trinajstić information content (AvgIpc) is 3.34. The van der Waals surface area contributed by atoms with E-state index in [1.807, 2.05) is 18.5 Å². The summed E-state index contributed by atoms with van der Waals surface area (Å²) in [6.45, 7) is 2.84. The van der Waals surface area contributed by atoms with E-state index in [0.717, 1.165) is 47.8 Å². The molecule has 3 fully saturated rings. The van der Waals surface area contributed by atoms with Crippen molar-refractivity contribution in [3.05, 3.63) is 66.4 Å². The lowest BCUT2D eigenvalue weighted by Gasteiger charge is -2.56. The maximum absolute atomic E-state index is 9.54. The molecule has 4 aromatic heterocycles. The molecule has 0 aromatic carbocycles. The number of hydrogen-bond donors (Lipinski definition) is 0. The molecule has 8 nitrogen and oxygen atoms in total. The van der Waals surface area contributed by atoms with Crippen LogP contribution in [-0.4, -0.2) is 63.0 Å². The minimum Gasteiger partial charge on any atom is -0.495 e. The van der Waals surface area contributed by atoms with Crippen molar-refractivity contribution in [3.63, 3.8) is 0 Å². The molecule has 4 aromatic rings. The van der Waals surface area contributed by atoms with Crippen LogP contribution >= 0.6 is 11.8 Å². The Bertz CT molecular complexity index is 1400. The molecule has 7 heterocycles. The van der Waals surface area contributed by atoms with Crippen molar-refractivity contribution < 1.29 is 4.74 Å². The molecule has 3 saturated heterocycles. The van der Waals surface area contributed by atoms with Crippen LogP contribution in [0.5, 0.6) is 5.75 Å². The van der Waals surface area contributed by atoms with Crippen LogP contribution in [-0.2, 0) is 6.54 Å². The Morgan fingerprint density at radius 3 is 2.63 bits per heavy atom. The molecular weight excluding hydrogens is 458 g/mol. The first-order valence-corrected chi connectivity index (χ1v) is 12.8. The number of nitriles is 1. The number of rotatable bonds is 6. The SMILES string of the molecule is COc1cc(-c2ccc(N3CC4CC(C3)N4Cc3ccc(SC)cn3)nc2)c2c(C#N)cnn2c1. The van der Waals surface area contributed by atoms with Gasteiger partial charge in [0, 0.05) is 60.1 Å². The molecule has 3 aliphatic heterocycles. The molecule has 0 aliphatic carbocycles. The zero-order valence-corrected chi connectivity index (χ0v) is 20.4. The van der Waals surface area contributed by atoms with Gasteiger partial charge in [-0.15, -0.1) is 11.8 Å². The maximum Gasteiger partial charge on any atom is 0.137 e. The van der Waals surface area contributed by atoms with Crippen LogP contribution in [0.2, 0.25) is 0 Å². The van der Waals surface area contributed by atoms with Crippen LogP contribution in [0.4, 0.5) is 5.82 Å². The Morgan fingerprint density at radius 2 is 1.97 bits per heavy atom. The van der Waals surface area contributed by atoms with Gasteiger partial charge in [0.05, 0.1) is 36.3 Å². The summed E-state index contributed by atoms with van der Waals surface area (Å²) in [5.74, 6) is 1.66. The molecule has 176 valence electrons. The third kappa shape index (κ3) is 3.89. The predicted molar refractivity (Wildman–Crippen MR) is 136 cm³/mol. The Kier molecular flexibility index (Phi) is 5.55. The Morgan fingerprint density at radius 1 is 1.11 bits per heavy atom. The lowest BCUT2D eigenvalue weighted by molar-refractivity contribution is -0.00969. The fourth-order valence-corrected chi connectivity index (χ4v) is 5.55. The number of piperidine rings is 1. The largest absolute Gasteiger partial charge is 0.495 e. The van der Waals surface area contributed by atoms with Gasteiger partial charge >= 0.3 is 0 Å². The van der Waals surface area contributed by atoms with Crippen LogP contribution in [0.1, 0.15) is 17.7 Å². The van der Waals surface area contributed by atoms with Crippen LogP contribution in [0.3, 0.4) is 0 Å². The lowest BCUT2D eigenvalue weighted by atomic mass is 9.87. The summed E-state index contributed by atoms with van der Waals surface area (Å²) < 4.78 is 7.14. The number of fused-ring (bicyclic) bond motifs is 3. The Hall–Kier alpha value is -3.61. The van der Waals surface area contributed by atoms with Crippen LogP contribution in [0.15, 0.2) is 60.0 Å². The molecule has 0 radical (unpaired) electrons. The van der Waals surface area contributed by atoms with E-state index in [4.69, 9.17) is 9.72 Å². The number of nitrogens with zero attached hydrogens (tertiary/aromatic N) is 7. The summed E-state index contributed by atoms with van der Waals surface area (Å²) in [6, 6.07) is 13.7. The first kappa shape index (κ1) is 21.9. The lowest BCUT2D eigenvalue weighted by Crippen LogP contribution is -2.68. The van der Waals surface area contributed by atoms with Crippen molar-refractivity contribution in [2.24, 2.45) is 0 Å². The topological polar surface area (TPSA) is 82.6 Å². The van der Waals surface area contributed by atoms with E-state index in [-0.39, 0.29) is 0 Å². The van der Waals surface area contributed by atoms with Crippen LogP contribution < -0.4 is 9.64 Å². The standard InChI is InChI=1S/C26H25N7OS/c1-34-22-8-24(26-18(9-27)11-30-33(26)16-22)17-3-6-25(29-10-17)31-14-20-7-21(15-31)32(20)13-19-4-5-23(35-2)12-28-19/h3-6,8,10-12,16,20-21H,7,13-15H2,1-2H3. The number of hydrogen-bond acceptors (Lipinski definition) is 8. The van der Waals surface area contributed by atoms with Gasteiger partial charge in [-0.1, -0.05) is 0 Å². The summed E-state index contributed by atoms with van der Waals surface area (Å²) in [4.78, 5) is 15.6. The van der Waals surface area contributed by atoms with E-state index in [9.17, 15) is 5.26 Å². The molecule has 3 aliphatic rings. The minimum absolute atomic E-state index is 0.528. The third-order valence-electron chi connectivity index (χ3n) is 7.05. The molecule has 0 amide bonds. The second kappa shape index (κ2) is 8.87. The first-order valence-electron chi connectivity index (χ1n) is 11.6. The highest BCUT2D eigenvalue weighted by Gasteiger charge is 2.44. The van der Waals surface area contributed by atoms with Crippen LogP contribution in [0.25, 0.3) is 16.6 Å². The Labute approximate surface area is 208 Å². The van der Waals surface area contributed by atoms with Gasteiger partial charge in [-0.05, 0) is 43.0 Å². The van der Waals surface area contributed by atoms with Gasteiger partial charge in [-0.3, -0.25) is 9.88 Å². The number of anilines is 1. The summed E-state index contributed by atoms with van der Waals surface area (Å²) in [7, 11) is 1.63. The molecule has 2 bridgehead atoms. The van der Waals surface area contributed by atoms with E-state index >= 15 is 0 Å². The second-order valence-electron chi connectivity index (χ2n) is 8.97. The summed E-state index contributed by atoms with van der Waals surface area (Å²) in [5, 5.41) is 13.8. The highest BCUT2D eigenvalue weighted by Crippen LogP contribution is 2.36. The smallest absolute Gasteiger partial charge is 0.137 e. The molecule has 7 rings (SSSR count). The van der Waals surface area contributed by atoms with Crippen molar-refractivity contribution in [1.82, 2.24) is 24.5 Å². The van der Waals surface area contributed by atoms with Gasteiger partial charge in [0.15, 0.2) is 0 Å². The van der Waals surface area contributed by atoms with E-state index in [1.165, 1.54) is 11.3 Å². The monoisotopic (exact) mass is 483 g/mol. The molecule has 0 N–H and O–H groups in total. The third-order valence-corrected chi connectivity index (χ3v) is 7.76. The molecule has 0 saturated carbocycles. The van der Waals surface area contributed by atoms with E-state index < -0.39 is 0 Å². The quantitative estimate of drug-likeness (QED) is 0.383. The van der Waals surface area contributed by atoms with Gasteiger partial charge in [-0.2, -0.15) is 10.4 Å². The average molecular weight is 484 g/mol. The normalized spacial score (nSPS) is 19.4. The number of methoxy groups -OCH3 is 1. The van der Waals surface area contributed by atoms with Gasteiger partial charge < -0.3 is 9.64 Å². The Balaban J connectivity index is 1.19. The number of pyridine rings is 3. The highest BCUT2D eigenvalue weighted by atomic mass is 32.2. The fourth-order valence-electron chi connectivity index (χ4n) is 5.19. The van der Waals surface area contributed by atoms with Gasteiger partial charge in [0.1, 0.15) is 17.6 Å². The minimum atomic E-state index is 0.528. The van der Waals surface area contributed by atoms with Crippen molar-refractivity contribution in [2.75, 3.05) is 31.4 Å². The number of aromatic nitrogens is 4. The van der Waals surface area contributed by atoms with Crippen molar-refractivity contribution >= 4 is 23.1 Å². The number of ether oxygens (including phenoxy) is 1. The van der Waals surface area contributed by atoms with E-state index in [2.05, 4.69) is 56.5 Å². The van der Waals surface area contributed by atoms with Gasteiger partial charge in [-0.25, -0.2) is 9.50 Å². The zero-order valence-electron chi connectivity index (χ0n) is 19.6. The highest BCUT2D eigenvalue weighted by molar-refractivity contribution is 7.98. The van der Waals surface area contributed by atoms with Crippen molar-refractivity contribution in [1.29, 1.82) is 5.26 Å². The maximum atomic E-state index is 9.54. The molecule has 2 unspecified atom stereocenters. The molecule has 35 heavy (non-hydrogen) atoms. The first-order chi connectivity index (χ1) is 17.2. The second-order valence-corrected chi connectivity index (χ2v) is 9.85. The zero-order chi connectivity index (χ0) is 23.9. The van der Waals surface area contributed by atoms with E-state index in [1.54, 1.807) is 35.8 Å². The molecular formula is C26H25N7OS. The number of thioether (sulfide) groups is 1. The van der Waals surface area contributed by atoms with Crippen molar-refractivity contribution in [2.45, 2.75) is 29.9 Å². The van der Waals surface area contributed by atoms with Gasteiger partial charge in [0.2, 0.25) is 0 Å². The molecule has 0 spiro atoms. The molecule has 2 atom stereocenters. The van der Waals surface area contributed by atoms with Crippen LogP contribution in [0, 0.1) is 11.3 Å². The number of piperazine rings is 1. The summed E-state index contributed by atoms with van der Waals surface area (Å²) in [5.41, 5.74) is 4.23. The summed E-state index contributed by atoms with van der Waals surface area (Å²) in [6.07, 6.45) is 10.5. The predicted octanol–water partition coefficient (Wildman–Crippen LogP) is 3.86.